The fraction of sp³-hybridized carbons (Fsp3) is 0.429. The third-order valence-corrected chi connectivity index (χ3v) is 2.91. The van der Waals surface area contributed by atoms with Crippen molar-refractivity contribution in [2.75, 3.05) is 45.7 Å². The monoisotopic (exact) mass is 313 g/mol. The van der Waals surface area contributed by atoms with Crippen LogP contribution in [-0.2, 0) is 14.3 Å². The average molecular weight is 314 g/mol. The van der Waals surface area contributed by atoms with Gasteiger partial charge in [0, 0.05) is 31.4 Å². The lowest BCUT2D eigenvalue weighted by molar-refractivity contribution is -0.132. The molecule has 0 atom stereocenters. The number of carbonyl (C=O) groups is 2. The number of likely N-dealkylation sites (N-methyl/N-ethyl adjacent to an activating group) is 1. The molecule has 0 radical (unpaired) electrons. The van der Waals surface area contributed by atoms with Gasteiger partial charge in [-0.15, -0.1) is 0 Å². The van der Waals surface area contributed by atoms with E-state index in [1.165, 1.54) is 4.90 Å². The predicted molar refractivity (Wildman–Crippen MR) is 82.5 cm³/mol. The number of hydrogen-bond acceptors (Lipinski definition) is 4. The van der Waals surface area contributed by atoms with Crippen LogP contribution >= 0.6 is 11.6 Å². The van der Waals surface area contributed by atoms with E-state index in [0.29, 0.717) is 23.9 Å². The first kappa shape index (κ1) is 17.4. The van der Waals surface area contributed by atoms with Crippen LogP contribution in [0.2, 0.25) is 5.02 Å². The smallest absolute Gasteiger partial charge is 0.243 e. The number of methoxy groups -OCH3 is 1. The SMILES string of the molecule is COCCNCC(=O)N(C)CC(=O)Nc1cccc(Cl)c1. The summed E-state index contributed by atoms with van der Waals surface area (Å²) in [7, 11) is 3.17. The van der Waals surface area contributed by atoms with Gasteiger partial charge in [0.2, 0.25) is 11.8 Å². The fourth-order valence-corrected chi connectivity index (χ4v) is 1.77. The summed E-state index contributed by atoms with van der Waals surface area (Å²) in [6.07, 6.45) is 0. The van der Waals surface area contributed by atoms with Gasteiger partial charge in [0.05, 0.1) is 19.7 Å². The third-order valence-electron chi connectivity index (χ3n) is 2.67. The number of ether oxygens (including phenoxy) is 1. The number of halogens is 1. The van der Waals surface area contributed by atoms with Gasteiger partial charge in [-0.1, -0.05) is 17.7 Å². The highest BCUT2D eigenvalue weighted by Gasteiger charge is 2.12. The van der Waals surface area contributed by atoms with E-state index in [0.717, 1.165) is 0 Å². The number of nitrogens with zero attached hydrogens (tertiary/aromatic N) is 1. The Morgan fingerprint density at radius 2 is 2.14 bits per heavy atom. The Morgan fingerprint density at radius 3 is 2.81 bits per heavy atom. The number of carbonyl (C=O) groups excluding carboxylic acids is 2. The molecule has 0 fully saturated rings. The molecule has 2 N–H and O–H groups in total. The number of nitrogens with one attached hydrogen (secondary N) is 2. The number of benzene rings is 1. The molecule has 0 aliphatic heterocycles. The fourth-order valence-electron chi connectivity index (χ4n) is 1.57. The highest BCUT2D eigenvalue weighted by Crippen LogP contribution is 2.14. The minimum absolute atomic E-state index is 0.0166. The molecule has 0 aliphatic rings. The summed E-state index contributed by atoms with van der Waals surface area (Å²) in [6.45, 7) is 1.28. The van der Waals surface area contributed by atoms with Crippen LogP contribution in [0.15, 0.2) is 24.3 Å². The van der Waals surface area contributed by atoms with Crippen molar-refractivity contribution in [3.63, 3.8) is 0 Å². The molecule has 2 amide bonds. The Bertz CT molecular complexity index is 482. The van der Waals surface area contributed by atoms with Gasteiger partial charge in [-0.2, -0.15) is 0 Å². The molecule has 0 bridgehead atoms. The molecule has 6 nitrogen and oxygen atoms in total. The van der Waals surface area contributed by atoms with Crippen molar-refractivity contribution in [1.82, 2.24) is 10.2 Å². The van der Waals surface area contributed by atoms with Gasteiger partial charge in [0.1, 0.15) is 0 Å². The Morgan fingerprint density at radius 1 is 1.38 bits per heavy atom. The largest absolute Gasteiger partial charge is 0.383 e. The molecule has 0 spiro atoms. The lowest BCUT2D eigenvalue weighted by Crippen LogP contribution is -2.40. The van der Waals surface area contributed by atoms with Crippen molar-refractivity contribution in [3.8, 4) is 0 Å². The van der Waals surface area contributed by atoms with Crippen LogP contribution in [0.5, 0.6) is 0 Å². The number of hydrogen-bond donors (Lipinski definition) is 2. The molecule has 0 saturated carbocycles. The first-order chi connectivity index (χ1) is 10.0. The normalized spacial score (nSPS) is 10.2. The van der Waals surface area contributed by atoms with E-state index in [1.54, 1.807) is 38.4 Å². The van der Waals surface area contributed by atoms with E-state index in [-0.39, 0.29) is 24.9 Å². The van der Waals surface area contributed by atoms with E-state index < -0.39 is 0 Å². The van der Waals surface area contributed by atoms with Crippen molar-refractivity contribution in [2.24, 2.45) is 0 Å². The Kier molecular flexibility index (Phi) is 7.74. The van der Waals surface area contributed by atoms with Crippen molar-refractivity contribution < 1.29 is 14.3 Å². The van der Waals surface area contributed by atoms with E-state index in [9.17, 15) is 9.59 Å². The predicted octanol–water partition coefficient (Wildman–Crippen LogP) is 0.973. The van der Waals surface area contributed by atoms with Crippen LogP contribution in [0.1, 0.15) is 0 Å². The molecule has 0 aromatic heterocycles. The van der Waals surface area contributed by atoms with Gasteiger partial charge >= 0.3 is 0 Å². The maximum absolute atomic E-state index is 11.8. The van der Waals surface area contributed by atoms with Crippen molar-refractivity contribution in [3.05, 3.63) is 29.3 Å². The molecule has 0 heterocycles. The minimum Gasteiger partial charge on any atom is -0.383 e. The zero-order valence-electron chi connectivity index (χ0n) is 12.2. The molecule has 1 aromatic rings. The van der Waals surface area contributed by atoms with Crippen LogP contribution in [0.3, 0.4) is 0 Å². The highest BCUT2D eigenvalue weighted by molar-refractivity contribution is 6.30. The van der Waals surface area contributed by atoms with E-state index in [4.69, 9.17) is 16.3 Å². The second kappa shape index (κ2) is 9.33. The average Bonchev–Trinajstić information content (AvgIpc) is 2.43. The molecule has 0 aliphatic carbocycles. The summed E-state index contributed by atoms with van der Waals surface area (Å²) in [5.74, 6) is -0.433. The van der Waals surface area contributed by atoms with Crippen LogP contribution in [0, 0.1) is 0 Å². The molecule has 21 heavy (non-hydrogen) atoms. The first-order valence-corrected chi connectivity index (χ1v) is 6.89. The number of rotatable bonds is 8. The Balaban J connectivity index is 2.34. The summed E-state index contributed by atoms with van der Waals surface area (Å²) in [5.41, 5.74) is 0.603. The van der Waals surface area contributed by atoms with Crippen LogP contribution in [-0.4, -0.2) is 57.1 Å². The summed E-state index contributed by atoms with van der Waals surface area (Å²) >= 11 is 5.83. The summed E-state index contributed by atoms with van der Waals surface area (Å²) in [4.78, 5) is 25.0. The molecular weight excluding hydrogens is 294 g/mol. The number of anilines is 1. The quantitative estimate of drug-likeness (QED) is 0.702. The van der Waals surface area contributed by atoms with Crippen LogP contribution in [0.25, 0.3) is 0 Å². The second-order valence-electron chi connectivity index (χ2n) is 4.48. The third kappa shape index (κ3) is 7.08. The Labute approximate surface area is 129 Å². The molecule has 0 unspecified atom stereocenters. The van der Waals surface area contributed by atoms with Crippen LogP contribution < -0.4 is 10.6 Å². The lowest BCUT2D eigenvalue weighted by atomic mass is 10.3. The first-order valence-electron chi connectivity index (χ1n) is 6.52. The van der Waals surface area contributed by atoms with E-state index in [1.807, 2.05) is 0 Å². The van der Waals surface area contributed by atoms with Gasteiger partial charge in [-0.25, -0.2) is 0 Å². The van der Waals surface area contributed by atoms with Crippen LogP contribution in [0.4, 0.5) is 5.69 Å². The van der Waals surface area contributed by atoms with Gasteiger partial charge in [0.15, 0.2) is 0 Å². The van der Waals surface area contributed by atoms with E-state index in [2.05, 4.69) is 10.6 Å². The summed E-state index contributed by atoms with van der Waals surface area (Å²) in [5, 5.41) is 6.16. The van der Waals surface area contributed by atoms with Gasteiger partial charge in [-0.3, -0.25) is 9.59 Å². The standard InChI is InChI=1S/C14H20ClN3O3/c1-18(14(20)9-16-6-7-21-2)10-13(19)17-12-5-3-4-11(15)8-12/h3-5,8,16H,6-7,9-10H2,1-2H3,(H,17,19). The highest BCUT2D eigenvalue weighted by atomic mass is 35.5. The summed E-state index contributed by atoms with van der Waals surface area (Å²) < 4.78 is 4.86. The minimum atomic E-state index is -0.273. The van der Waals surface area contributed by atoms with Gasteiger partial charge < -0.3 is 20.3 Å². The van der Waals surface area contributed by atoms with Gasteiger partial charge in [0.25, 0.3) is 0 Å². The zero-order valence-corrected chi connectivity index (χ0v) is 12.9. The molecular formula is C14H20ClN3O3. The van der Waals surface area contributed by atoms with Crippen molar-refractivity contribution >= 4 is 29.1 Å². The van der Waals surface area contributed by atoms with Crippen molar-refractivity contribution in [1.29, 1.82) is 0 Å². The zero-order chi connectivity index (χ0) is 15.7. The topological polar surface area (TPSA) is 70.7 Å². The Hall–Kier alpha value is -1.63. The lowest BCUT2D eigenvalue weighted by Gasteiger charge is -2.17. The second-order valence-corrected chi connectivity index (χ2v) is 4.91. The van der Waals surface area contributed by atoms with Gasteiger partial charge in [-0.05, 0) is 18.2 Å². The number of amides is 2. The van der Waals surface area contributed by atoms with Crippen molar-refractivity contribution in [2.45, 2.75) is 0 Å². The molecule has 1 rings (SSSR count). The molecule has 7 heteroatoms. The molecule has 0 saturated heterocycles. The molecule has 1 aromatic carbocycles. The van der Waals surface area contributed by atoms with E-state index >= 15 is 0 Å². The maximum atomic E-state index is 11.8. The summed E-state index contributed by atoms with van der Waals surface area (Å²) in [6, 6.07) is 6.84. The maximum Gasteiger partial charge on any atom is 0.243 e. The molecule has 116 valence electrons.